The van der Waals surface area contributed by atoms with E-state index in [9.17, 15) is 0 Å². The van der Waals surface area contributed by atoms with E-state index in [4.69, 9.17) is 9.40 Å². The molecule has 1 aliphatic rings. The molecule has 218 valence electrons. The van der Waals surface area contributed by atoms with E-state index in [1.165, 1.54) is 60.8 Å². The zero-order valence-electron chi connectivity index (χ0n) is 25.4. The summed E-state index contributed by atoms with van der Waals surface area (Å²) in [5.41, 5.74) is 15.2. The maximum absolute atomic E-state index is 6.12. The topological polar surface area (TPSA) is 31.0 Å². The molecule has 0 saturated heterocycles. The normalized spacial score (nSPS) is 13.6. The molecule has 0 amide bonds. The third-order valence-electron chi connectivity index (χ3n) is 10.0. The highest BCUT2D eigenvalue weighted by Gasteiger charge is 2.36. The van der Waals surface area contributed by atoms with Gasteiger partial charge in [-0.05, 0) is 87.6 Å². The average Bonchev–Trinajstić information content (AvgIpc) is 3.85. The van der Waals surface area contributed by atoms with E-state index in [-0.39, 0.29) is 5.41 Å². The zero-order valence-corrected chi connectivity index (χ0v) is 26.2. The molecular weight excluding hydrogens is 581 g/mol. The number of hydrogen-bond donors (Lipinski definition) is 0. The van der Waals surface area contributed by atoms with Crippen LogP contribution in [0.2, 0.25) is 0 Å². The lowest BCUT2D eigenvalue weighted by Gasteiger charge is -2.21. The van der Waals surface area contributed by atoms with Crippen molar-refractivity contribution in [2.75, 3.05) is 0 Å². The molecule has 4 aromatic heterocycles. The van der Waals surface area contributed by atoms with Gasteiger partial charge in [-0.15, -0.1) is 0 Å². The Morgan fingerprint density at radius 2 is 1.30 bits per heavy atom. The van der Waals surface area contributed by atoms with Gasteiger partial charge in [0, 0.05) is 55.5 Å². The van der Waals surface area contributed by atoms with Gasteiger partial charge in [0.25, 0.3) is 0 Å². The molecule has 0 unspecified atom stereocenters. The van der Waals surface area contributed by atoms with Gasteiger partial charge in [-0.2, -0.15) is 11.3 Å². The van der Waals surface area contributed by atoms with Crippen LogP contribution in [0.1, 0.15) is 25.0 Å². The minimum atomic E-state index is -0.0688. The second kappa shape index (κ2) is 9.29. The van der Waals surface area contributed by atoms with E-state index in [2.05, 4.69) is 132 Å². The van der Waals surface area contributed by atoms with Gasteiger partial charge in [0.2, 0.25) is 0 Å². The van der Waals surface area contributed by atoms with E-state index >= 15 is 0 Å². The first-order valence-corrected chi connectivity index (χ1v) is 16.6. The molecule has 0 saturated carbocycles. The number of aromatic nitrogens is 2. The molecule has 0 aliphatic heterocycles. The fraction of sp³-hybridized carbons (Fsp3) is 0.0714. The fourth-order valence-electron chi connectivity index (χ4n) is 7.74. The highest BCUT2D eigenvalue weighted by molar-refractivity contribution is 7.08. The number of furan rings is 1. The smallest absolute Gasteiger partial charge is 0.135 e. The average molecular weight is 609 g/mol. The standard InChI is InChI=1S/C42H28N2OS/c1-42(2)35-16-15-27(22-32(35)41-36(42)10-7-19-43-41)44-37-11-5-3-8-28(37)30-20-25(13-17-38(30)44)33-23-46-24-34(33)26-14-18-40-31(21-26)29-9-4-6-12-39(29)45-40/h3-24H,1-2H3. The molecule has 10 rings (SSSR count). The van der Waals surface area contributed by atoms with Crippen LogP contribution in [0.15, 0.2) is 137 Å². The van der Waals surface area contributed by atoms with Crippen LogP contribution in [-0.4, -0.2) is 9.55 Å². The fourth-order valence-corrected chi connectivity index (χ4v) is 8.60. The first kappa shape index (κ1) is 25.8. The van der Waals surface area contributed by atoms with E-state index < -0.39 is 0 Å². The lowest BCUT2D eigenvalue weighted by atomic mass is 9.83. The summed E-state index contributed by atoms with van der Waals surface area (Å²) in [5.74, 6) is 0. The number of rotatable bonds is 3. The molecule has 46 heavy (non-hydrogen) atoms. The summed E-state index contributed by atoms with van der Waals surface area (Å²) in [4.78, 5) is 4.83. The first-order chi connectivity index (χ1) is 22.6. The summed E-state index contributed by atoms with van der Waals surface area (Å²) in [6.07, 6.45) is 1.91. The molecule has 0 spiro atoms. The lowest BCUT2D eigenvalue weighted by Crippen LogP contribution is -2.15. The molecule has 1 aliphatic carbocycles. The van der Waals surface area contributed by atoms with Crippen molar-refractivity contribution in [3.63, 3.8) is 0 Å². The van der Waals surface area contributed by atoms with Gasteiger partial charge in [-0.25, -0.2) is 0 Å². The van der Waals surface area contributed by atoms with Crippen LogP contribution in [-0.2, 0) is 5.41 Å². The Morgan fingerprint density at radius 3 is 2.17 bits per heavy atom. The van der Waals surface area contributed by atoms with Crippen LogP contribution in [0.25, 0.3) is 82.9 Å². The van der Waals surface area contributed by atoms with Crippen LogP contribution in [0.4, 0.5) is 0 Å². The molecule has 3 nitrogen and oxygen atoms in total. The maximum Gasteiger partial charge on any atom is 0.135 e. The second-order valence-electron chi connectivity index (χ2n) is 12.8. The summed E-state index contributed by atoms with van der Waals surface area (Å²) >= 11 is 1.75. The molecule has 0 radical (unpaired) electrons. The van der Waals surface area contributed by atoms with Gasteiger partial charge in [0.1, 0.15) is 11.2 Å². The van der Waals surface area contributed by atoms with E-state index in [0.717, 1.165) is 33.3 Å². The predicted octanol–water partition coefficient (Wildman–Crippen LogP) is 11.8. The van der Waals surface area contributed by atoms with Crippen molar-refractivity contribution >= 4 is 55.1 Å². The van der Waals surface area contributed by atoms with Crippen LogP contribution in [0, 0.1) is 0 Å². The van der Waals surface area contributed by atoms with Crippen LogP contribution < -0.4 is 0 Å². The van der Waals surface area contributed by atoms with Gasteiger partial charge in [-0.1, -0.05) is 74.5 Å². The van der Waals surface area contributed by atoms with E-state index in [1.807, 2.05) is 18.3 Å². The van der Waals surface area contributed by atoms with Gasteiger partial charge < -0.3 is 8.98 Å². The number of fused-ring (bicyclic) bond motifs is 9. The third-order valence-corrected chi connectivity index (χ3v) is 10.7. The number of thiophene rings is 1. The van der Waals surface area contributed by atoms with Crippen molar-refractivity contribution < 1.29 is 4.42 Å². The van der Waals surface area contributed by atoms with Crippen molar-refractivity contribution in [3.05, 3.63) is 143 Å². The summed E-state index contributed by atoms with van der Waals surface area (Å²) in [7, 11) is 0. The Balaban J connectivity index is 1.14. The largest absolute Gasteiger partial charge is 0.456 e. The molecule has 9 aromatic rings. The van der Waals surface area contributed by atoms with Gasteiger partial charge in [-0.3, -0.25) is 4.98 Å². The minimum Gasteiger partial charge on any atom is -0.456 e. The maximum atomic E-state index is 6.12. The SMILES string of the molecule is CC1(C)c2ccc(-n3c4ccccc4c4cc(-c5cscc5-c5ccc6oc7ccccc7c6c5)ccc43)cc2-c2ncccc21. The summed E-state index contributed by atoms with van der Waals surface area (Å²) in [6, 6.07) is 41.7. The molecule has 4 heteroatoms. The molecule has 0 N–H and O–H groups in total. The Morgan fingerprint density at radius 1 is 0.587 bits per heavy atom. The number of pyridine rings is 1. The first-order valence-electron chi connectivity index (χ1n) is 15.7. The Labute approximate surface area is 270 Å². The highest BCUT2D eigenvalue weighted by atomic mass is 32.1. The molecular formula is C42H28N2OS. The Bertz CT molecular complexity index is 2680. The van der Waals surface area contributed by atoms with Gasteiger partial charge in [0.15, 0.2) is 0 Å². The molecule has 0 bridgehead atoms. The van der Waals surface area contributed by atoms with Crippen LogP contribution >= 0.6 is 11.3 Å². The van der Waals surface area contributed by atoms with Crippen molar-refractivity contribution in [1.29, 1.82) is 0 Å². The zero-order chi connectivity index (χ0) is 30.6. The van der Waals surface area contributed by atoms with Crippen LogP contribution in [0.5, 0.6) is 0 Å². The van der Waals surface area contributed by atoms with Gasteiger partial charge in [0.05, 0.1) is 16.7 Å². The molecule has 0 atom stereocenters. The van der Waals surface area contributed by atoms with Crippen molar-refractivity contribution in [2.45, 2.75) is 19.3 Å². The molecule has 4 heterocycles. The predicted molar refractivity (Wildman–Crippen MR) is 192 cm³/mol. The van der Waals surface area contributed by atoms with E-state index in [1.54, 1.807) is 11.3 Å². The summed E-state index contributed by atoms with van der Waals surface area (Å²) < 4.78 is 8.53. The highest BCUT2D eigenvalue weighted by Crippen LogP contribution is 2.49. The Hall–Kier alpha value is -5.45. The lowest BCUT2D eigenvalue weighted by molar-refractivity contribution is 0.659. The molecule has 5 aromatic carbocycles. The minimum absolute atomic E-state index is 0.0688. The van der Waals surface area contributed by atoms with Gasteiger partial charge >= 0.3 is 0 Å². The Kier molecular flexibility index (Phi) is 5.22. The van der Waals surface area contributed by atoms with Crippen molar-refractivity contribution in [3.8, 4) is 39.2 Å². The quantitative estimate of drug-likeness (QED) is 0.200. The number of para-hydroxylation sites is 2. The molecule has 0 fully saturated rings. The van der Waals surface area contributed by atoms with Crippen LogP contribution in [0.3, 0.4) is 0 Å². The second-order valence-corrected chi connectivity index (χ2v) is 13.6. The third kappa shape index (κ3) is 3.50. The number of benzene rings is 5. The van der Waals surface area contributed by atoms with Crippen molar-refractivity contribution in [1.82, 2.24) is 9.55 Å². The summed E-state index contributed by atoms with van der Waals surface area (Å²) in [6.45, 7) is 4.60. The number of nitrogens with zero attached hydrogens (tertiary/aromatic N) is 2. The monoisotopic (exact) mass is 608 g/mol. The van der Waals surface area contributed by atoms with E-state index in [0.29, 0.717) is 0 Å². The number of hydrogen-bond acceptors (Lipinski definition) is 3. The van der Waals surface area contributed by atoms with Crippen molar-refractivity contribution in [2.24, 2.45) is 0 Å². The summed E-state index contributed by atoms with van der Waals surface area (Å²) in [5, 5.41) is 9.35.